The molecule has 0 saturated heterocycles. The van der Waals surface area contributed by atoms with Crippen LogP contribution in [0.5, 0.6) is 0 Å². The Hall–Kier alpha value is -1.16. The lowest BCUT2D eigenvalue weighted by molar-refractivity contribution is 0.582. The second-order valence-corrected chi connectivity index (χ2v) is 5.96. The van der Waals surface area contributed by atoms with E-state index in [1.54, 1.807) is 0 Å². The van der Waals surface area contributed by atoms with E-state index in [1.165, 1.54) is 15.3 Å². The van der Waals surface area contributed by atoms with Crippen LogP contribution in [0.15, 0.2) is 42.5 Å². The second-order valence-electron chi connectivity index (χ2n) is 4.70. The third-order valence-electron chi connectivity index (χ3n) is 3.22. The zero-order chi connectivity index (χ0) is 13.5. The molecular weight excluding hydrogens is 252 g/mol. The van der Waals surface area contributed by atoms with Gasteiger partial charge in [0.05, 0.1) is 0 Å². The first-order valence-corrected chi connectivity index (χ1v) is 7.70. The molecule has 0 radical (unpaired) electrons. The van der Waals surface area contributed by atoms with E-state index >= 15 is 0 Å². The zero-order valence-electron chi connectivity index (χ0n) is 11.4. The molecule has 0 spiro atoms. The van der Waals surface area contributed by atoms with Crippen LogP contribution in [0.1, 0.15) is 34.7 Å². The quantitative estimate of drug-likeness (QED) is 0.759. The molecular formula is C16H22N2S. The molecule has 0 saturated carbocycles. The standard InChI is InChI=1S/C16H22N2S/c1-2-14-8-9-15(19-14)12-18-11-10-16(17)13-6-4-3-5-7-13/h3-9,16,18H,2,10-12,17H2,1H3. The van der Waals surface area contributed by atoms with E-state index in [-0.39, 0.29) is 6.04 Å². The minimum absolute atomic E-state index is 0.128. The molecule has 0 aliphatic heterocycles. The van der Waals surface area contributed by atoms with Crippen LogP contribution in [0.25, 0.3) is 0 Å². The maximum atomic E-state index is 6.16. The fourth-order valence-electron chi connectivity index (χ4n) is 2.04. The Balaban J connectivity index is 1.69. The van der Waals surface area contributed by atoms with Crippen LogP contribution < -0.4 is 11.1 Å². The van der Waals surface area contributed by atoms with Crippen LogP contribution in [0.4, 0.5) is 0 Å². The van der Waals surface area contributed by atoms with E-state index < -0.39 is 0 Å². The molecule has 1 unspecified atom stereocenters. The van der Waals surface area contributed by atoms with Gasteiger partial charge >= 0.3 is 0 Å². The first-order chi connectivity index (χ1) is 9.29. The molecule has 0 bridgehead atoms. The SMILES string of the molecule is CCc1ccc(CNCCC(N)c2ccccc2)s1. The summed E-state index contributed by atoms with van der Waals surface area (Å²) in [5.41, 5.74) is 7.38. The molecule has 1 aromatic heterocycles. The lowest BCUT2D eigenvalue weighted by atomic mass is 10.1. The van der Waals surface area contributed by atoms with Crippen LogP contribution in [-0.2, 0) is 13.0 Å². The van der Waals surface area contributed by atoms with Gasteiger partial charge in [0.15, 0.2) is 0 Å². The first-order valence-electron chi connectivity index (χ1n) is 6.88. The van der Waals surface area contributed by atoms with Gasteiger partial charge in [-0.25, -0.2) is 0 Å². The molecule has 2 aromatic rings. The van der Waals surface area contributed by atoms with Crippen molar-refractivity contribution in [3.8, 4) is 0 Å². The number of hydrogen-bond donors (Lipinski definition) is 2. The van der Waals surface area contributed by atoms with Crippen molar-refractivity contribution in [1.29, 1.82) is 0 Å². The normalized spacial score (nSPS) is 12.5. The van der Waals surface area contributed by atoms with Gasteiger partial charge in [-0.15, -0.1) is 11.3 Å². The lowest BCUT2D eigenvalue weighted by Gasteiger charge is -2.12. The number of nitrogens with two attached hydrogens (primary N) is 1. The number of nitrogens with one attached hydrogen (secondary N) is 1. The average molecular weight is 274 g/mol. The Morgan fingerprint density at radius 3 is 2.53 bits per heavy atom. The lowest BCUT2D eigenvalue weighted by Crippen LogP contribution is -2.20. The monoisotopic (exact) mass is 274 g/mol. The molecule has 0 amide bonds. The minimum atomic E-state index is 0.128. The van der Waals surface area contributed by atoms with Gasteiger partial charge in [0.2, 0.25) is 0 Å². The van der Waals surface area contributed by atoms with Crippen molar-refractivity contribution >= 4 is 11.3 Å². The van der Waals surface area contributed by atoms with E-state index in [0.717, 1.165) is 25.9 Å². The summed E-state index contributed by atoms with van der Waals surface area (Å²) in [6.07, 6.45) is 2.10. The van der Waals surface area contributed by atoms with Gasteiger partial charge in [0, 0.05) is 22.3 Å². The van der Waals surface area contributed by atoms with Crippen molar-refractivity contribution in [2.45, 2.75) is 32.4 Å². The van der Waals surface area contributed by atoms with Gasteiger partial charge in [-0.2, -0.15) is 0 Å². The molecule has 2 nitrogen and oxygen atoms in total. The third kappa shape index (κ3) is 4.46. The molecule has 3 heteroatoms. The molecule has 102 valence electrons. The summed E-state index contributed by atoms with van der Waals surface area (Å²) in [5.74, 6) is 0. The maximum Gasteiger partial charge on any atom is 0.0306 e. The van der Waals surface area contributed by atoms with Gasteiger partial charge in [-0.1, -0.05) is 37.3 Å². The predicted molar refractivity (Wildman–Crippen MR) is 83.4 cm³/mol. The summed E-state index contributed by atoms with van der Waals surface area (Å²) in [7, 11) is 0. The largest absolute Gasteiger partial charge is 0.324 e. The fraction of sp³-hybridized carbons (Fsp3) is 0.375. The van der Waals surface area contributed by atoms with E-state index in [4.69, 9.17) is 5.73 Å². The zero-order valence-corrected chi connectivity index (χ0v) is 12.2. The smallest absolute Gasteiger partial charge is 0.0306 e. The summed E-state index contributed by atoms with van der Waals surface area (Å²) < 4.78 is 0. The Kier molecular flexibility index (Phi) is 5.58. The summed E-state index contributed by atoms with van der Waals surface area (Å²) >= 11 is 1.89. The van der Waals surface area contributed by atoms with Crippen molar-refractivity contribution in [2.75, 3.05) is 6.54 Å². The highest BCUT2D eigenvalue weighted by molar-refractivity contribution is 7.11. The molecule has 3 N–H and O–H groups in total. The molecule has 1 heterocycles. The van der Waals surface area contributed by atoms with Gasteiger partial charge in [-0.05, 0) is 37.1 Å². The fourth-order valence-corrected chi connectivity index (χ4v) is 2.97. The summed E-state index contributed by atoms with van der Waals surface area (Å²) in [4.78, 5) is 2.86. The van der Waals surface area contributed by atoms with Crippen molar-refractivity contribution < 1.29 is 0 Å². The molecule has 19 heavy (non-hydrogen) atoms. The van der Waals surface area contributed by atoms with Crippen molar-refractivity contribution in [3.05, 3.63) is 57.8 Å². The van der Waals surface area contributed by atoms with Crippen LogP contribution in [0, 0.1) is 0 Å². The van der Waals surface area contributed by atoms with E-state index in [9.17, 15) is 0 Å². The highest BCUT2D eigenvalue weighted by atomic mass is 32.1. The number of thiophene rings is 1. The summed E-state index contributed by atoms with van der Waals surface area (Å²) in [5, 5.41) is 3.47. The van der Waals surface area contributed by atoms with Crippen molar-refractivity contribution in [1.82, 2.24) is 5.32 Å². The van der Waals surface area contributed by atoms with E-state index in [2.05, 4.69) is 36.5 Å². The highest BCUT2D eigenvalue weighted by Gasteiger charge is 2.04. The third-order valence-corrected chi connectivity index (χ3v) is 4.45. The van der Waals surface area contributed by atoms with Crippen LogP contribution >= 0.6 is 11.3 Å². The second kappa shape index (κ2) is 7.43. The van der Waals surface area contributed by atoms with Gasteiger partial charge in [0.25, 0.3) is 0 Å². The summed E-state index contributed by atoms with van der Waals surface area (Å²) in [6, 6.07) is 14.9. The molecule has 1 aromatic carbocycles. The highest BCUT2D eigenvalue weighted by Crippen LogP contribution is 2.17. The van der Waals surface area contributed by atoms with Crippen LogP contribution in [0.3, 0.4) is 0 Å². The Morgan fingerprint density at radius 1 is 1.11 bits per heavy atom. The Morgan fingerprint density at radius 2 is 1.84 bits per heavy atom. The van der Waals surface area contributed by atoms with Gasteiger partial charge in [0.1, 0.15) is 0 Å². The predicted octanol–water partition coefficient (Wildman–Crippen LogP) is 3.49. The maximum absolute atomic E-state index is 6.16. The topological polar surface area (TPSA) is 38.0 Å². The van der Waals surface area contributed by atoms with Gasteiger partial charge < -0.3 is 11.1 Å². The van der Waals surface area contributed by atoms with Crippen LogP contribution in [0.2, 0.25) is 0 Å². The van der Waals surface area contributed by atoms with Gasteiger partial charge in [-0.3, -0.25) is 0 Å². The average Bonchev–Trinajstić information content (AvgIpc) is 2.92. The Labute approximate surface area is 119 Å². The summed E-state index contributed by atoms with van der Waals surface area (Å²) in [6.45, 7) is 4.10. The van der Waals surface area contributed by atoms with Crippen molar-refractivity contribution in [3.63, 3.8) is 0 Å². The molecule has 0 aliphatic carbocycles. The number of rotatable bonds is 7. The molecule has 0 aliphatic rings. The molecule has 2 rings (SSSR count). The number of benzene rings is 1. The minimum Gasteiger partial charge on any atom is -0.324 e. The van der Waals surface area contributed by atoms with E-state index in [1.807, 2.05) is 29.5 Å². The number of hydrogen-bond acceptors (Lipinski definition) is 3. The first kappa shape index (κ1) is 14.3. The Bertz CT molecular complexity index is 479. The molecule has 1 atom stereocenters. The van der Waals surface area contributed by atoms with E-state index in [0.29, 0.717) is 0 Å². The van der Waals surface area contributed by atoms with Crippen LogP contribution in [-0.4, -0.2) is 6.54 Å². The van der Waals surface area contributed by atoms with Crippen molar-refractivity contribution in [2.24, 2.45) is 5.73 Å². The molecule has 0 fully saturated rings. The number of aryl methyl sites for hydroxylation is 1.